The van der Waals surface area contributed by atoms with Crippen molar-refractivity contribution in [3.05, 3.63) is 35.9 Å². The molecule has 0 atom stereocenters. The standard InChI is InChI=1S/C9H8O6/c10-7(6-4-2-1-3-5-6)9(13,14)15-8(11)12/h1-5,13-14H,(H,11,12). The number of ether oxygens (including phenoxy) is 1. The minimum Gasteiger partial charge on any atom is -0.450 e. The van der Waals surface area contributed by atoms with Crippen LogP contribution < -0.4 is 0 Å². The Morgan fingerprint density at radius 3 is 2.13 bits per heavy atom. The van der Waals surface area contributed by atoms with E-state index in [1.807, 2.05) is 0 Å². The van der Waals surface area contributed by atoms with Gasteiger partial charge in [0.05, 0.1) is 0 Å². The minimum atomic E-state index is -3.35. The molecule has 0 aliphatic rings. The van der Waals surface area contributed by atoms with Crippen LogP contribution >= 0.6 is 0 Å². The lowest BCUT2D eigenvalue weighted by molar-refractivity contribution is -0.270. The average molecular weight is 212 g/mol. The molecule has 0 aromatic heterocycles. The van der Waals surface area contributed by atoms with Crippen LogP contribution in [0.5, 0.6) is 0 Å². The lowest BCUT2D eigenvalue weighted by atomic mass is 10.1. The van der Waals surface area contributed by atoms with E-state index in [2.05, 4.69) is 4.74 Å². The molecule has 0 unspecified atom stereocenters. The van der Waals surface area contributed by atoms with Gasteiger partial charge in [-0.1, -0.05) is 30.3 Å². The molecule has 0 fully saturated rings. The molecule has 0 spiro atoms. The molecule has 6 nitrogen and oxygen atoms in total. The van der Waals surface area contributed by atoms with Crippen LogP contribution in [0, 0.1) is 0 Å². The van der Waals surface area contributed by atoms with Gasteiger partial charge in [0.15, 0.2) is 0 Å². The summed E-state index contributed by atoms with van der Waals surface area (Å²) in [4.78, 5) is 21.4. The van der Waals surface area contributed by atoms with Gasteiger partial charge in [-0.05, 0) is 0 Å². The van der Waals surface area contributed by atoms with E-state index in [1.165, 1.54) is 24.3 Å². The molecule has 0 bridgehead atoms. The van der Waals surface area contributed by atoms with Gasteiger partial charge in [-0.15, -0.1) is 0 Å². The lowest BCUT2D eigenvalue weighted by Gasteiger charge is -2.17. The first-order valence-electron chi connectivity index (χ1n) is 3.90. The van der Waals surface area contributed by atoms with Crippen LogP contribution in [0.4, 0.5) is 4.79 Å². The van der Waals surface area contributed by atoms with E-state index in [0.717, 1.165) is 0 Å². The van der Waals surface area contributed by atoms with Crippen molar-refractivity contribution in [2.24, 2.45) is 0 Å². The van der Waals surface area contributed by atoms with Gasteiger partial charge in [0.1, 0.15) is 0 Å². The van der Waals surface area contributed by atoms with E-state index >= 15 is 0 Å². The van der Waals surface area contributed by atoms with E-state index in [9.17, 15) is 9.59 Å². The molecule has 0 heterocycles. The molecule has 1 rings (SSSR count). The number of hydrogen-bond donors (Lipinski definition) is 3. The molecule has 6 heteroatoms. The summed E-state index contributed by atoms with van der Waals surface area (Å²) >= 11 is 0. The van der Waals surface area contributed by atoms with Gasteiger partial charge in [0.2, 0.25) is 0 Å². The number of carbonyl (C=O) groups is 2. The van der Waals surface area contributed by atoms with E-state index < -0.39 is 17.9 Å². The first-order chi connectivity index (χ1) is 6.93. The van der Waals surface area contributed by atoms with Crippen molar-refractivity contribution >= 4 is 11.9 Å². The van der Waals surface area contributed by atoms with E-state index in [4.69, 9.17) is 15.3 Å². The first kappa shape index (κ1) is 11.2. The highest BCUT2D eigenvalue weighted by atomic mass is 16.8. The Bertz CT molecular complexity index is 369. The number of aliphatic hydroxyl groups is 2. The van der Waals surface area contributed by atoms with Gasteiger partial charge in [0.25, 0.3) is 5.78 Å². The largest absolute Gasteiger partial charge is 0.510 e. The number of benzene rings is 1. The summed E-state index contributed by atoms with van der Waals surface area (Å²) in [7, 11) is 0. The normalized spacial score (nSPS) is 10.8. The van der Waals surface area contributed by atoms with E-state index in [1.54, 1.807) is 6.07 Å². The fourth-order valence-electron chi connectivity index (χ4n) is 0.946. The molecular formula is C9H8O6. The lowest BCUT2D eigenvalue weighted by Crippen LogP contribution is -2.42. The summed E-state index contributed by atoms with van der Waals surface area (Å²) < 4.78 is 3.63. The van der Waals surface area contributed by atoms with E-state index in [-0.39, 0.29) is 5.56 Å². The summed E-state index contributed by atoms with van der Waals surface area (Å²) in [6.07, 6.45) is -1.95. The summed E-state index contributed by atoms with van der Waals surface area (Å²) in [5.74, 6) is -4.60. The molecule has 0 radical (unpaired) electrons. The summed E-state index contributed by atoms with van der Waals surface area (Å²) in [6, 6.07) is 7.20. The molecule has 3 N–H and O–H groups in total. The molecule has 15 heavy (non-hydrogen) atoms. The highest BCUT2D eigenvalue weighted by Crippen LogP contribution is 2.12. The molecule has 0 amide bonds. The third-order valence-corrected chi connectivity index (χ3v) is 1.56. The van der Waals surface area contributed by atoms with Crippen LogP contribution in [-0.2, 0) is 4.74 Å². The van der Waals surface area contributed by atoms with Gasteiger partial charge in [-0.2, -0.15) is 0 Å². The highest BCUT2D eigenvalue weighted by Gasteiger charge is 2.39. The zero-order valence-corrected chi connectivity index (χ0v) is 7.45. The summed E-state index contributed by atoms with van der Waals surface area (Å²) in [5.41, 5.74) is -0.0660. The third kappa shape index (κ3) is 2.76. The van der Waals surface area contributed by atoms with Crippen molar-refractivity contribution in [1.29, 1.82) is 0 Å². The fraction of sp³-hybridized carbons (Fsp3) is 0.111. The Kier molecular flexibility index (Phi) is 3.03. The SMILES string of the molecule is O=C(O)OC(O)(O)C(=O)c1ccccc1. The molecule has 0 aliphatic heterocycles. The maximum Gasteiger partial charge on any atom is 0.510 e. The average Bonchev–Trinajstić information content (AvgIpc) is 2.16. The predicted molar refractivity (Wildman–Crippen MR) is 47.1 cm³/mol. The number of carbonyl (C=O) groups excluding carboxylic acids is 1. The summed E-state index contributed by atoms with van der Waals surface area (Å²) in [6.45, 7) is 0. The molecule has 0 aliphatic carbocycles. The summed E-state index contributed by atoms with van der Waals surface area (Å²) in [5, 5.41) is 26.2. The Morgan fingerprint density at radius 2 is 1.67 bits per heavy atom. The van der Waals surface area contributed by atoms with Gasteiger partial charge in [-0.3, -0.25) is 4.79 Å². The topological polar surface area (TPSA) is 104 Å². The van der Waals surface area contributed by atoms with Crippen molar-refractivity contribution in [1.82, 2.24) is 0 Å². The number of rotatable bonds is 3. The van der Waals surface area contributed by atoms with Crippen LogP contribution in [0.2, 0.25) is 0 Å². The van der Waals surface area contributed by atoms with Crippen molar-refractivity contribution in [2.75, 3.05) is 0 Å². The number of Topliss-reactive ketones (excluding diaryl/α,β-unsaturated/α-hetero) is 1. The molecule has 0 saturated carbocycles. The molecule has 1 aromatic rings. The van der Waals surface area contributed by atoms with Crippen LogP contribution in [-0.4, -0.2) is 33.2 Å². The van der Waals surface area contributed by atoms with Crippen molar-refractivity contribution in [2.45, 2.75) is 5.97 Å². The molecular weight excluding hydrogens is 204 g/mol. The van der Waals surface area contributed by atoms with Crippen LogP contribution in [0.1, 0.15) is 10.4 Å². The van der Waals surface area contributed by atoms with Gasteiger partial charge >= 0.3 is 12.1 Å². The van der Waals surface area contributed by atoms with Crippen molar-refractivity contribution < 1.29 is 29.6 Å². The molecule has 0 saturated heterocycles. The second-order valence-electron chi connectivity index (χ2n) is 2.67. The van der Waals surface area contributed by atoms with Gasteiger partial charge in [0, 0.05) is 5.56 Å². The second kappa shape index (κ2) is 4.07. The number of hydrogen-bond acceptors (Lipinski definition) is 5. The van der Waals surface area contributed by atoms with Crippen molar-refractivity contribution in [3.63, 3.8) is 0 Å². The second-order valence-corrected chi connectivity index (χ2v) is 2.67. The Morgan fingerprint density at radius 1 is 1.13 bits per heavy atom. The Hall–Kier alpha value is -1.92. The monoisotopic (exact) mass is 212 g/mol. The first-order valence-corrected chi connectivity index (χ1v) is 3.90. The maximum absolute atomic E-state index is 11.3. The molecule has 80 valence electrons. The van der Waals surface area contributed by atoms with Crippen LogP contribution in [0.3, 0.4) is 0 Å². The highest BCUT2D eigenvalue weighted by molar-refractivity contribution is 6.00. The maximum atomic E-state index is 11.3. The Balaban J connectivity index is 2.89. The van der Waals surface area contributed by atoms with Crippen LogP contribution in [0.15, 0.2) is 30.3 Å². The fourth-order valence-corrected chi connectivity index (χ4v) is 0.946. The quantitative estimate of drug-likeness (QED) is 0.375. The zero-order valence-electron chi connectivity index (χ0n) is 7.45. The van der Waals surface area contributed by atoms with Crippen molar-refractivity contribution in [3.8, 4) is 0 Å². The Labute approximate surface area is 84.3 Å². The number of ketones is 1. The van der Waals surface area contributed by atoms with Gasteiger partial charge in [-0.25, -0.2) is 4.79 Å². The zero-order chi connectivity index (χ0) is 11.5. The third-order valence-electron chi connectivity index (χ3n) is 1.56. The van der Waals surface area contributed by atoms with Gasteiger partial charge < -0.3 is 20.1 Å². The smallest absolute Gasteiger partial charge is 0.450 e. The van der Waals surface area contributed by atoms with E-state index in [0.29, 0.717) is 0 Å². The van der Waals surface area contributed by atoms with Crippen LogP contribution in [0.25, 0.3) is 0 Å². The number of carboxylic acid groups (broad SMARTS) is 1. The predicted octanol–water partition coefficient (Wildman–Crippen LogP) is 0.202. The minimum absolute atomic E-state index is 0.0660. The molecule has 1 aromatic carbocycles.